The number of piperidine rings is 1. The molecular formula is C20H31F3N4O2. The fraction of sp³-hybridized carbons (Fsp3) is 0.650. The number of guanidine groups is 1. The molecule has 29 heavy (non-hydrogen) atoms. The van der Waals surface area contributed by atoms with E-state index in [2.05, 4.69) is 20.5 Å². The predicted octanol–water partition coefficient (Wildman–Crippen LogP) is 2.75. The molecule has 0 atom stereocenters. The normalized spacial score (nSPS) is 16.7. The van der Waals surface area contributed by atoms with Crippen LogP contribution in [0.15, 0.2) is 29.3 Å². The number of halogens is 3. The number of ether oxygens (including phenoxy) is 2. The van der Waals surface area contributed by atoms with E-state index >= 15 is 0 Å². The highest BCUT2D eigenvalue weighted by Gasteiger charge is 2.33. The Morgan fingerprint density at radius 2 is 1.93 bits per heavy atom. The minimum Gasteiger partial charge on any atom is -0.491 e. The molecule has 1 fully saturated rings. The molecule has 2 N–H and O–H groups in total. The second-order valence-electron chi connectivity index (χ2n) is 6.95. The van der Waals surface area contributed by atoms with Crippen molar-refractivity contribution in [2.24, 2.45) is 4.99 Å². The zero-order chi connectivity index (χ0) is 21.1. The van der Waals surface area contributed by atoms with Crippen molar-refractivity contribution in [3.8, 4) is 5.75 Å². The van der Waals surface area contributed by atoms with Gasteiger partial charge in [0.05, 0.1) is 12.1 Å². The van der Waals surface area contributed by atoms with Gasteiger partial charge < -0.3 is 25.0 Å². The molecule has 0 radical (unpaired) electrons. The van der Waals surface area contributed by atoms with E-state index in [4.69, 9.17) is 9.47 Å². The lowest BCUT2D eigenvalue weighted by atomic mass is 10.1. The molecule has 0 unspecified atom stereocenters. The first kappa shape index (κ1) is 23.3. The third kappa shape index (κ3) is 8.10. The molecule has 0 bridgehead atoms. The van der Waals surface area contributed by atoms with E-state index in [1.807, 2.05) is 0 Å². The van der Waals surface area contributed by atoms with E-state index in [1.165, 1.54) is 18.2 Å². The van der Waals surface area contributed by atoms with Gasteiger partial charge in [0, 0.05) is 46.4 Å². The molecule has 0 aliphatic carbocycles. The Hall–Kier alpha value is -2.00. The zero-order valence-electron chi connectivity index (χ0n) is 17.1. The van der Waals surface area contributed by atoms with Gasteiger partial charge in [0.1, 0.15) is 12.4 Å². The molecule has 1 aromatic carbocycles. The van der Waals surface area contributed by atoms with Crippen LogP contribution in [0.5, 0.6) is 5.75 Å². The number of aliphatic imine (C=N–C) groups is 1. The Bertz CT molecular complexity index is 632. The minimum atomic E-state index is -4.43. The second kappa shape index (κ2) is 11.9. The molecule has 0 saturated carbocycles. The second-order valence-corrected chi connectivity index (χ2v) is 6.95. The van der Waals surface area contributed by atoms with E-state index in [-0.39, 0.29) is 12.4 Å². The molecule has 1 saturated heterocycles. The van der Waals surface area contributed by atoms with Crippen LogP contribution >= 0.6 is 0 Å². The highest BCUT2D eigenvalue weighted by Crippen LogP contribution is 2.35. The summed E-state index contributed by atoms with van der Waals surface area (Å²) in [6, 6.07) is 5.55. The van der Waals surface area contributed by atoms with Gasteiger partial charge in [0.2, 0.25) is 0 Å². The molecule has 1 heterocycles. The standard InChI is InChI=1S/C20H31F3N4O2/c1-24-19(26-16-8-12-27(13-9-16)11-5-14-28-2)25-10-15-29-18-7-4-3-6-17(18)20(21,22)23/h3-4,6-7,16H,5,8-15H2,1-2H3,(H2,24,25,26). The molecular weight excluding hydrogens is 385 g/mol. The van der Waals surface area contributed by atoms with Gasteiger partial charge >= 0.3 is 6.18 Å². The molecule has 9 heteroatoms. The first-order valence-corrected chi connectivity index (χ1v) is 9.91. The van der Waals surface area contributed by atoms with Crippen molar-refractivity contribution < 1.29 is 22.6 Å². The van der Waals surface area contributed by atoms with Crippen molar-refractivity contribution in [2.75, 3.05) is 53.6 Å². The topological polar surface area (TPSA) is 58.1 Å². The molecule has 2 rings (SSSR count). The average molecular weight is 416 g/mol. The molecule has 6 nitrogen and oxygen atoms in total. The van der Waals surface area contributed by atoms with E-state index in [1.54, 1.807) is 14.2 Å². The molecule has 0 spiro atoms. The number of nitrogens with one attached hydrogen (secondary N) is 2. The molecule has 164 valence electrons. The summed E-state index contributed by atoms with van der Waals surface area (Å²) in [7, 11) is 3.39. The number of hydrogen-bond acceptors (Lipinski definition) is 4. The van der Waals surface area contributed by atoms with E-state index < -0.39 is 11.7 Å². The van der Waals surface area contributed by atoms with Crippen LogP contribution in [0.4, 0.5) is 13.2 Å². The number of alkyl halides is 3. The molecule has 1 aromatic rings. The highest BCUT2D eigenvalue weighted by atomic mass is 19.4. The van der Waals surface area contributed by atoms with Crippen molar-refractivity contribution in [3.63, 3.8) is 0 Å². The van der Waals surface area contributed by atoms with Crippen molar-refractivity contribution in [2.45, 2.75) is 31.5 Å². The van der Waals surface area contributed by atoms with Crippen LogP contribution in [0.1, 0.15) is 24.8 Å². The summed E-state index contributed by atoms with van der Waals surface area (Å²) in [5, 5.41) is 6.48. The lowest BCUT2D eigenvalue weighted by molar-refractivity contribution is -0.138. The number of methoxy groups -OCH3 is 1. The van der Waals surface area contributed by atoms with E-state index in [0.29, 0.717) is 18.5 Å². The third-order valence-electron chi connectivity index (χ3n) is 4.82. The van der Waals surface area contributed by atoms with Gasteiger partial charge in [0.15, 0.2) is 5.96 Å². The predicted molar refractivity (Wildman–Crippen MR) is 107 cm³/mol. The van der Waals surface area contributed by atoms with Crippen LogP contribution in [0.2, 0.25) is 0 Å². The molecule has 1 aliphatic rings. The van der Waals surface area contributed by atoms with Gasteiger partial charge in [-0.3, -0.25) is 4.99 Å². The van der Waals surface area contributed by atoms with Gasteiger partial charge in [-0.25, -0.2) is 0 Å². The minimum absolute atomic E-state index is 0.103. The number of benzene rings is 1. The third-order valence-corrected chi connectivity index (χ3v) is 4.82. The number of likely N-dealkylation sites (tertiary alicyclic amines) is 1. The summed E-state index contributed by atoms with van der Waals surface area (Å²) < 4.78 is 49.4. The van der Waals surface area contributed by atoms with Gasteiger partial charge in [-0.2, -0.15) is 13.2 Å². The van der Waals surface area contributed by atoms with E-state index in [9.17, 15) is 13.2 Å². The first-order chi connectivity index (χ1) is 13.9. The quantitative estimate of drug-likeness (QED) is 0.368. The fourth-order valence-electron chi connectivity index (χ4n) is 3.28. The molecule has 1 aliphatic heterocycles. The zero-order valence-corrected chi connectivity index (χ0v) is 17.1. The summed E-state index contributed by atoms with van der Waals surface area (Å²) in [5.74, 6) is 0.473. The number of rotatable bonds is 9. The molecule has 0 aromatic heterocycles. The van der Waals surface area contributed by atoms with Crippen molar-refractivity contribution in [3.05, 3.63) is 29.8 Å². The monoisotopic (exact) mass is 416 g/mol. The number of nitrogens with zero attached hydrogens (tertiary/aromatic N) is 2. The Morgan fingerprint density at radius 1 is 1.21 bits per heavy atom. The van der Waals surface area contributed by atoms with Gasteiger partial charge in [-0.1, -0.05) is 12.1 Å². The molecule has 0 amide bonds. The maximum atomic E-state index is 13.0. The number of hydrogen-bond donors (Lipinski definition) is 2. The smallest absolute Gasteiger partial charge is 0.419 e. The van der Waals surface area contributed by atoms with Gasteiger partial charge in [-0.05, 0) is 31.4 Å². The van der Waals surface area contributed by atoms with Crippen molar-refractivity contribution in [1.82, 2.24) is 15.5 Å². The largest absolute Gasteiger partial charge is 0.491 e. The van der Waals surface area contributed by atoms with Crippen LogP contribution in [0.3, 0.4) is 0 Å². The van der Waals surface area contributed by atoms with Crippen LogP contribution in [-0.4, -0.2) is 70.5 Å². The Morgan fingerprint density at radius 3 is 2.59 bits per heavy atom. The summed E-state index contributed by atoms with van der Waals surface area (Å²) in [4.78, 5) is 6.62. The Kier molecular flexibility index (Phi) is 9.53. The fourth-order valence-corrected chi connectivity index (χ4v) is 3.28. The summed E-state index contributed by atoms with van der Waals surface area (Å²) in [6.45, 7) is 4.33. The van der Waals surface area contributed by atoms with Crippen molar-refractivity contribution in [1.29, 1.82) is 0 Å². The summed E-state index contributed by atoms with van der Waals surface area (Å²) in [6.07, 6.45) is -1.36. The van der Waals surface area contributed by atoms with Crippen LogP contribution < -0.4 is 15.4 Å². The maximum Gasteiger partial charge on any atom is 0.419 e. The summed E-state index contributed by atoms with van der Waals surface area (Å²) >= 11 is 0. The summed E-state index contributed by atoms with van der Waals surface area (Å²) in [5.41, 5.74) is -0.764. The maximum absolute atomic E-state index is 13.0. The lowest BCUT2D eigenvalue weighted by Crippen LogP contribution is -2.49. The van der Waals surface area contributed by atoms with Gasteiger partial charge in [-0.15, -0.1) is 0 Å². The van der Waals surface area contributed by atoms with Crippen LogP contribution in [-0.2, 0) is 10.9 Å². The number of para-hydroxylation sites is 1. The average Bonchev–Trinajstić information content (AvgIpc) is 2.71. The van der Waals surface area contributed by atoms with Crippen molar-refractivity contribution >= 4 is 5.96 Å². The van der Waals surface area contributed by atoms with Crippen LogP contribution in [0, 0.1) is 0 Å². The first-order valence-electron chi connectivity index (χ1n) is 9.91. The lowest BCUT2D eigenvalue weighted by Gasteiger charge is -2.33. The van der Waals surface area contributed by atoms with Crippen LogP contribution in [0.25, 0.3) is 0 Å². The van der Waals surface area contributed by atoms with Gasteiger partial charge in [0.25, 0.3) is 0 Å². The Labute approximate surface area is 170 Å². The highest BCUT2D eigenvalue weighted by molar-refractivity contribution is 5.79. The Balaban J connectivity index is 1.69. The van der Waals surface area contributed by atoms with E-state index in [0.717, 1.165) is 51.6 Å². The SMILES string of the molecule is CN=C(NCCOc1ccccc1C(F)(F)F)NC1CCN(CCCOC)CC1.